The van der Waals surface area contributed by atoms with Crippen LogP contribution in [0, 0.1) is 0 Å². The Balaban J connectivity index is 1.99. The number of para-hydroxylation sites is 1. The molecule has 0 fully saturated rings. The molecule has 1 unspecified atom stereocenters. The Bertz CT molecular complexity index is 781. The van der Waals surface area contributed by atoms with Crippen LogP contribution in [0.4, 0.5) is 5.69 Å². The lowest BCUT2D eigenvalue weighted by molar-refractivity contribution is -0.119. The van der Waals surface area contributed by atoms with Gasteiger partial charge in [0.15, 0.2) is 0 Å². The number of likely N-dealkylation sites (N-methyl/N-ethyl adjacent to an activating group) is 1. The summed E-state index contributed by atoms with van der Waals surface area (Å²) in [6.07, 6.45) is 0. The van der Waals surface area contributed by atoms with Crippen LogP contribution in [-0.2, 0) is 10.2 Å². The van der Waals surface area contributed by atoms with E-state index in [0.717, 1.165) is 12.2 Å². The maximum atomic E-state index is 12.6. The predicted molar refractivity (Wildman–Crippen MR) is 92.7 cm³/mol. The summed E-state index contributed by atoms with van der Waals surface area (Å²) in [4.78, 5) is 16.8. The number of hydrogen-bond acceptors (Lipinski definition) is 2. The van der Waals surface area contributed by atoms with E-state index in [1.807, 2.05) is 18.0 Å². The fraction of sp³-hybridized carbons (Fsp3) is 0.350. The van der Waals surface area contributed by atoms with Gasteiger partial charge in [0, 0.05) is 24.7 Å². The molecule has 118 valence electrons. The van der Waals surface area contributed by atoms with Gasteiger partial charge in [-0.05, 0) is 22.8 Å². The third-order valence-corrected chi connectivity index (χ3v) is 5.25. The molecule has 0 aliphatic carbocycles. The van der Waals surface area contributed by atoms with Crippen molar-refractivity contribution in [3.8, 4) is 0 Å². The third kappa shape index (κ3) is 2.11. The molecular formula is C20H22N2O. The zero-order chi connectivity index (χ0) is 16.2. The number of anilines is 1. The lowest BCUT2D eigenvalue weighted by Gasteiger charge is -2.44. The van der Waals surface area contributed by atoms with Gasteiger partial charge in [0.25, 0.3) is 0 Å². The van der Waals surface area contributed by atoms with E-state index >= 15 is 0 Å². The molecule has 0 N–H and O–H groups in total. The molecule has 2 aliphatic rings. The summed E-state index contributed by atoms with van der Waals surface area (Å²) in [6, 6.07) is 17.2. The van der Waals surface area contributed by atoms with E-state index in [0.29, 0.717) is 6.54 Å². The van der Waals surface area contributed by atoms with E-state index in [9.17, 15) is 4.79 Å². The molecule has 0 radical (unpaired) electrons. The first kappa shape index (κ1) is 14.5. The highest BCUT2D eigenvalue weighted by Crippen LogP contribution is 2.45. The molecule has 4 rings (SSSR count). The van der Waals surface area contributed by atoms with Crippen LogP contribution in [0.1, 0.15) is 36.6 Å². The second kappa shape index (κ2) is 4.93. The molecule has 2 aromatic carbocycles. The molecule has 2 aromatic rings. The first-order valence-corrected chi connectivity index (χ1v) is 8.18. The SMILES string of the molecule is CN1C(=O)CN2CC(C)(C)c3ccccc3C2c2ccccc21. The highest BCUT2D eigenvalue weighted by Gasteiger charge is 2.41. The Morgan fingerprint density at radius 3 is 2.43 bits per heavy atom. The van der Waals surface area contributed by atoms with Gasteiger partial charge in [-0.2, -0.15) is 0 Å². The molecule has 1 atom stereocenters. The van der Waals surface area contributed by atoms with Crippen LogP contribution in [0.25, 0.3) is 0 Å². The van der Waals surface area contributed by atoms with Crippen molar-refractivity contribution in [1.82, 2.24) is 4.90 Å². The van der Waals surface area contributed by atoms with Crippen molar-refractivity contribution in [3.63, 3.8) is 0 Å². The van der Waals surface area contributed by atoms with Gasteiger partial charge in [0.2, 0.25) is 5.91 Å². The monoisotopic (exact) mass is 306 g/mol. The van der Waals surface area contributed by atoms with Gasteiger partial charge < -0.3 is 4.90 Å². The highest BCUT2D eigenvalue weighted by atomic mass is 16.2. The number of fused-ring (bicyclic) bond motifs is 5. The smallest absolute Gasteiger partial charge is 0.240 e. The van der Waals surface area contributed by atoms with Gasteiger partial charge in [0.1, 0.15) is 0 Å². The van der Waals surface area contributed by atoms with Gasteiger partial charge in [-0.15, -0.1) is 0 Å². The summed E-state index contributed by atoms with van der Waals surface area (Å²) in [5.41, 5.74) is 5.03. The lowest BCUT2D eigenvalue weighted by Crippen LogP contribution is -2.47. The van der Waals surface area contributed by atoms with Crippen molar-refractivity contribution in [3.05, 3.63) is 65.2 Å². The molecule has 0 aromatic heterocycles. The van der Waals surface area contributed by atoms with E-state index in [1.54, 1.807) is 0 Å². The van der Waals surface area contributed by atoms with E-state index in [-0.39, 0.29) is 17.4 Å². The number of carbonyl (C=O) groups excluding carboxylic acids is 1. The Kier molecular flexibility index (Phi) is 3.10. The van der Waals surface area contributed by atoms with Crippen LogP contribution in [0.15, 0.2) is 48.5 Å². The molecule has 0 spiro atoms. The van der Waals surface area contributed by atoms with Crippen LogP contribution < -0.4 is 4.90 Å². The third-order valence-electron chi connectivity index (χ3n) is 5.25. The van der Waals surface area contributed by atoms with E-state index in [4.69, 9.17) is 0 Å². The van der Waals surface area contributed by atoms with E-state index in [2.05, 4.69) is 61.2 Å². The lowest BCUT2D eigenvalue weighted by atomic mass is 9.74. The van der Waals surface area contributed by atoms with Gasteiger partial charge >= 0.3 is 0 Å². The Morgan fingerprint density at radius 2 is 1.65 bits per heavy atom. The summed E-state index contributed by atoms with van der Waals surface area (Å²) in [5, 5.41) is 0. The van der Waals surface area contributed by atoms with Crippen LogP contribution in [0.3, 0.4) is 0 Å². The quantitative estimate of drug-likeness (QED) is 0.745. The van der Waals surface area contributed by atoms with Gasteiger partial charge in [-0.3, -0.25) is 9.69 Å². The molecule has 2 heterocycles. The highest BCUT2D eigenvalue weighted by molar-refractivity contribution is 5.96. The van der Waals surface area contributed by atoms with Crippen molar-refractivity contribution < 1.29 is 4.79 Å². The van der Waals surface area contributed by atoms with Crippen LogP contribution in [0.5, 0.6) is 0 Å². The van der Waals surface area contributed by atoms with Gasteiger partial charge in [0.05, 0.1) is 12.6 Å². The average molecular weight is 306 g/mol. The molecule has 0 saturated carbocycles. The van der Waals surface area contributed by atoms with Gasteiger partial charge in [-0.1, -0.05) is 56.3 Å². The maximum Gasteiger partial charge on any atom is 0.240 e. The van der Waals surface area contributed by atoms with Crippen molar-refractivity contribution >= 4 is 11.6 Å². The average Bonchev–Trinajstić information content (AvgIpc) is 2.63. The molecule has 23 heavy (non-hydrogen) atoms. The summed E-state index contributed by atoms with van der Waals surface area (Å²) in [5.74, 6) is 0.162. The number of hydrogen-bond donors (Lipinski definition) is 0. The first-order chi connectivity index (χ1) is 11.0. The minimum atomic E-state index is 0.0469. The zero-order valence-corrected chi connectivity index (χ0v) is 13.9. The standard InChI is InChI=1S/C20H22N2O/c1-20(2)13-22-12-18(23)21(3)17-11-7-5-9-15(17)19(22)14-8-4-6-10-16(14)20/h4-11,19H,12-13H2,1-3H3. The molecule has 3 nitrogen and oxygen atoms in total. The van der Waals surface area contributed by atoms with Crippen molar-refractivity contribution in [2.24, 2.45) is 0 Å². The Labute approximate surface area is 137 Å². The minimum absolute atomic E-state index is 0.0469. The molecule has 0 bridgehead atoms. The normalized spacial score (nSPS) is 22.8. The number of benzene rings is 2. The van der Waals surface area contributed by atoms with Gasteiger partial charge in [-0.25, -0.2) is 0 Å². The number of nitrogens with zero attached hydrogens (tertiary/aromatic N) is 2. The number of rotatable bonds is 0. The predicted octanol–water partition coefficient (Wildman–Crippen LogP) is 3.35. The van der Waals surface area contributed by atoms with Crippen molar-refractivity contribution in [1.29, 1.82) is 0 Å². The molecular weight excluding hydrogens is 284 g/mol. The fourth-order valence-corrected chi connectivity index (χ4v) is 4.18. The summed E-state index contributed by atoms with van der Waals surface area (Å²) < 4.78 is 0. The Hall–Kier alpha value is -2.13. The van der Waals surface area contributed by atoms with E-state index < -0.39 is 0 Å². The zero-order valence-electron chi connectivity index (χ0n) is 13.9. The fourth-order valence-electron chi connectivity index (χ4n) is 4.18. The molecule has 0 saturated heterocycles. The molecule has 3 heteroatoms. The summed E-state index contributed by atoms with van der Waals surface area (Å²) in [7, 11) is 1.89. The molecule has 2 aliphatic heterocycles. The second-order valence-electron chi connectivity index (χ2n) is 7.29. The van der Waals surface area contributed by atoms with Crippen molar-refractivity contribution in [2.75, 3.05) is 25.0 Å². The summed E-state index contributed by atoms with van der Waals surface area (Å²) >= 11 is 0. The Morgan fingerprint density at radius 1 is 1.00 bits per heavy atom. The largest absolute Gasteiger partial charge is 0.314 e. The van der Waals surface area contributed by atoms with Crippen LogP contribution in [-0.4, -0.2) is 30.9 Å². The van der Waals surface area contributed by atoms with E-state index in [1.165, 1.54) is 16.7 Å². The van der Waals surface area contributed by atoms with Crippen molar-refractivity contribution in [2.45, 2.75) is 25.3 Å². The first-order valence-electron chi connectivity index (χ1n) is 8.18. The molecule has 1 amide bonds. The van der Waals surface area contributed by atoms with Crippen LogP contribution >= 0.6 is 0 Å². The topological polar surface area (TPSA) is 23.6 Å². The van der Waals surface area contributed by atoms with Crippen LogP contribution in [0.2, 0.25) is 0 Å². The number of amides is 1. The second-order valence-corrected chi connectivity index (χ2v) is 7.29. The number of carbonyl (C=O) groups is 1. The minimum Gasteiger partial charge on any atom is -0.314 e. The summed E-state index contributed by atoms with van der Waals surface area (Å²) in [6.45, 7) is 5.90. The maximum absolute atomic E-state index is 12.6.